The maximum atomic E-state index is 10.4. The van der Waals surface area contributed by atoms with Crippen LogP contribution in [0.2, 0.25) is 0 Å². The van der Waals surface area contributed by atoms with Gasteiger partial charge in [0.05, 0.1) is 4.47 Å². The summed E-state index contributed by atoms with van der Waals surface area (Å²) < 4.78 is 0.824. The van der Waals surface area contributed by atoms with Crippen molar-refractivity contribution >= 4 is 21.8 Å². The Hall–Kier alpha value is -0.970. The number of aromatic nitrogens is 2. The van der Waals surface area contributed by atoms with Crippen molar-refractivity contribution in [2.75, 3.05) is 0 Å². The molecule has 4 nitrogen and oxygen atoms in total. The summed E-state index contributed by atoms with van der Waals surface area (Å²) in [6, 6.07) is 0. The van der Waals surface area contributed by atoms with Gasteiger partial charge in [-0.05, 0) is 15.9 Å². The number of hydrogen-bond acceptors (Lipinski definition) is 3. The van der Waals surface area contributed by atoms with Gasteiger partial charge in [-0.25, -0.2) is 9.97 Å². The Kier molecular flexibility index (Phi) is 3.16. The average Bonchev–Trinajstić information content (AvgIpc) is 2.03. The molecule has 1 amide bonds. The van der Waals surface area contributed by atoms with E-state index in [2.05, 4.69) is 25.9 Å². The second-order valence-corrected chi connectivity index (χ2v) is 3.20. The Morgan fingerprint density at radius 3 is 2.58 bits per heavy atom. The van der Waals surface area contributed by atoms with E-state index in [4.69, 9.17) is 5.73 Å². The van der Waals surface area contributed by atoms with E-state index in [1.807, 2.05) is 0 Å². The van der Waals surface area contributed by atoms with Crippen molar-refractivity contribution in [1.82, 2.24) is 9.97 Å². The van der Waals surface area contributed by atoms with Crippen LogP contribution >= 0.6 is 15.9 Å². The van der Waals surface area contributed by atoms with E-state index < -0.39 is 0 Å². The van der Waals surface area contributed by atoms with Crippen LogP contribution in [0.25, 0.3) is 0 Å². The second kappa shape index (κ2) is 4.15. The summed E-state index contributed by atoms with van der Waals surface area (Å²) in [6.45, 7) is 0. The topological polar surface area (TPSA) is 68.9 Å². The highest BCUT2D eigenvalue weighted by molar-refractivity contribution is 9.10. The van der Waals surface area contributed by atoms with E-state index in [0.29, 0.717) is 18.7 Å². The van der Waals surface area contributed by atoms with Crippen LogP contribution in [0.4, 0.5) is 0 Å². The molecule has 5 heteroatoms. The molecule has 0 aromatic carbocycles. The minimum atomic E-state index is -0.332. The maximum absolute atomic E-state index is 10.4. The van der Waals surface area contributed by atoms with Gasteiger partial charge in [-0.3, -0.25) is 4.79 Å². The molecule has 0 spiro atoms. The zero-order valence-electron chi connectivity index (χ0n) is 6.33. The summed E-state index contributed by atoms with van der Waals surface area (Å²) in [5, 5.41) is 0. The van der Waals surface area contributed by atoms with Crippen LogP contribution < -0.4 is 5.73 Å². The monoisotopic (exact) mass is 229 g/mol. The highest BCUT2D eigenvalue weighted by Crippen LogP contribution is 2.04. The third-order valence-corrected chi connectivity index (χ3v) is 1.68. The van der Waals surface area contributed by atoms with Gasteiger partial charge in [0.25, 0.3) is 0 Å². The zero-order chi connectivity index (χ0) is 8.97. The highest BCUT2D eigenvalue weighted by atomic mass is 79.9. The van der Waals surface area contributed by atoms with Crippen LogP contribution in [0.1, 0.15) is 12.2 Å². The lowest BCUT2D eigenvalue weighted by Gasteiger charge is -1.95. The van der Waals surface area contributed by atoms with Gasteiger partial charge in [0.2, 0.25) is 5.91 Å². The molecule has 12 heavy (non-hydrogen) atoms. The Morgan fingerprint density at radius 1 is 1.50 bits per heavy atom. The van der Waals surface area contributed by atoms with E-state index >= 15 is 0 Å². The molecule has 0 fully saturated rings. The van der Waals surface area contributed by atoms with Crippen molar-refractivity contribution < 1.29 is 4.79 Å². The number of primary amides is 1. The zero-order valence-corrected chi connectivity index (χ0v) is 7.91. The second-order valence-electron chi connectivity index (χ2n) is 2.28. The van der Waals surface area contributed by atoms with Crippen LogP contribution in [-0.4, -0.2) is 15.9 Å². The van der Waals surface area contributed by atoms with E-state index in [9.17, 15) is 4.79 Å². The van der Waals surface area contributed by atoms with Crippen LogP contribution in [0, 0.1) is 0 Å². The molecule has 0 saturated carbocycles. The van der Waals surface area contributed by atoms with Crippen molar-refractivity contribution in [2.24, 2.45) is 5.73 Å². The Morgan fingerprint density at radius 2 is 2.08 bits per heavy atom. The summed E-state index contributed by atoms with van der Waals surface area (Å²) in [6.07, 6.45) is 4.08. The van der Waals surface area contributed by atoms with Gasteiger partial charge in [-0.2, -0.15) is 0 Å². The van der Waals surface area contributed by atoms with Crippen LogP contribution in [-0.2, 0) is 11.2 Å². The number of nitrogens with two attached hydrogens (primary N) is 1. The van der Waals surface area contributed by atoms with E-state index in [1.54, 1.807) is 12.4 Å². The number of aryl methyl sites for hydroxylation is 1. The molecular weight excluding hydrogens is 222 g/mol. The van der Waals surface area contributed by atoms with Gasteiger partial charge in [-0.1, -0.05) is 0 Å². The molecule has 1 heterocycles. The molecule has 0 saturated heterocycles. The molecule has 0 aliphatic rings. The first-order valence-electron chi connectivity index (χ1n) is 3.43. The SMILES string of the molecule is NC(=O)CCc1ncc(Br)cn1. The molecule has 1 aromatic rings. The molecule has 2 N–H and O–H groups in total. The Bertz CT molecular complexity index is 272. The van der Waals surface area contributed by atoms with E-state index in [0.717, 1.165) is 4.47 Å². The molecule has 0 aliphatic heterocycles. The summed E-state index contributed by atoms with van der Waals surface area (Å²) in [4.78, 5) is 18.4. The lowest BCUT2D eigenvalue weighted by atomic mass is 10.3. The maximum Gasteiger partial charge on any atom is 0.217 e. The molecule has 1 rings (SSSR count). The van der Waals surface area contributed by atoms with E-state index in [-0.39, 0.29) is 5.91 Å². The summed E-state index contributed by atoms with van der Waals surface area (Å²) in [7, 11) is 0. The first kappa shape index (κ1) is 9.12. The molecular formula is C7H8BrN3O. The standard InChI is InChI=1S/C7H8BrN3O/c8-5-3-10-7(11-4-5)2-1-6(9)12/h3-4H,1-2H2,(H2,9,12). The molecule has 0 radical (unpaired) electrons. The predicted octanol–water partition coefficient (Wildman–Crippen LogP) is 0.657. The Balaban J connectivity index is 2.53. The molecule has 0 unspecified atom stereocenters. The number of amides is 1. The van der Waals surface area contributed by atoms with Crippen LogP contribution in [0.15, 0.2) is 16.9 Å². The minimum Gasteiger partial charge on any atom is -0.370 e. The van der Waals surface area contributed by atoms with E-state index in [1.165, 1.54) is 0 Å². The third-order valence-electron chi connectivity index (χ3n) is 1.27. The fourth-order valence-corrected chi connectivity index (χ4v) is 0.908. The van der Waals surface area contributed by atoms with Crippen molar-refractivity contribution in [2.45, 2.75) is 12.8 Å². The first-order valence-corrected chi connectivity index (χ1v) is 4.22. The lowest BCUT2D eigenvalue weighted by Crippen LogP contribution is -2.12. The molecule has 64 valence electrons. The minimum absolute atomic E-state index is 0.293. The molecule has 1 aromatic heterocycles. The van der Waals surface area contributed by atoms with Crippen molar-refractivity contribution in [1.29, 1.82) is 0 Å². The summed E-state index contributed by atoms with van der Waals surface area (Å²) in [5.74, 6) is 0.304. The van der Waals surface area contributed by atoms with Crippen molar-refractivity contribution in [3.63, 3.8) is 0 Å². The third kappa shape index (κ3) is 2.96. The average molecular weight is 230 g/mol. The number of nitrogens with zero attached hydrogens (tertiary/aromatic N) is 2. The summed E-state index contributed by atoms with van der Waals surface area (Å²) >= 11 is 3.21. The highest BCUT2D eigenvalue weighted by Gasteiger charge is 1.99. The summed E-state index contributed by atoms with van der Waals surface area (Å²) in [5.41, 5.74) is 4.97. The number of hydrogen-bond donors (Lipinski definition) is 1. The number of rotatable bonds is 3. The fourth-order valence-electron chi connectivity index (χ4n) is 0.703. The van der Waals surface area contributed by atoms with Gasteiger partial charge in [0, 0.05) is 25.2 Å². The van der Waals surface area contributed by atoms with Crippen molar-refractivity contribution in [3.8, 4) is 0 Å². The largest absolute Gasteiger partial charge is 0.370 e. The first-order chi connectivity index (χ1) is 5.68. The molecule has 0 bridgehead atoms. The van der Waals surface area contributed by atoms with Gasteiger partial charge in [0.1, 0.15) is 5.82 Å². The van der Waals surface area contributed by atoms with Crippen LogP contribution in [0.3, 0.4) is 0 Å². The van der Waals surface area contributed by atoms with Crippen molar-refractivity contribution in [3.05, 3.63) is 22.7 Å². The van der Waals surface area contributed by atoms with Gasteiger partial charge in [-0.15, -0.1) is 0 Å². The predicted molar refractivity (Wildman–Crippen MR) is 47.2 cm³/mol. The molecule has 0 atom stereocenters. The lowest BCUT2D eigenvalue weighted by molar-refractivity contribution is -0.118. The smallest absolute Gasteiger partial charge is 0.217 e. The number of carbonyl (C=O) groups excluding carboxylic acids is 1. The van der Waals surface area contributed by atoms with Crippen LogP contribution in [0.5, 0.6) is 0 Å². The number of carbonyl (C=O) groups is 1. The molecule has 0 aliphatic carbocycles. The normalized spacial score (nSPS) is 9.75. The van der Waals surface area contributed by atoms with Gasteiger partial charge in [0.15, 0.2) is 0 Å². The quantitative estimate of drug-likeness (QED) is 0.828. The fraction of sp³-hybridized carbons (Fsp3) is 0.286. The van der Waals surface area contributed by atoms with Gasteiger partial charge >= 0.3 is 0 Å². The van der Waals surface area contributed by atoms with Gasteiger partial charge < -0.3 is 5.73 Å². The number of halogens is 1. The Labute approximate surface area is 78.3 Å².